The largest absolute Gasteiger partial charge is 0.354 e. The molecule has 4 rings (SSSR count). The first-order valence-corrected chi connectivity index (χ1v) is 17.4. The van der Waals surface area contributed by atoms with E-state index in [4.69, 9.17) is 0 Å². The summed E-state index contributed by atoms with van der Waals surface area (Å²) in [5.74, 6) is -0.482. The lowest BCUT2D eigenvalue weighted by atomic mass is 10.0. The Morgan fingerprint density at radius 1 is 0.804 bits per heavy atom. The number of nitrogens with one attached hydrogen (secondary N) is 1. The highest BCUT2D eigenvalue weighted by molar-refractivity contribution is 7.92. The SMILES string of the molecule is CCCCNC(=O)[C@@H](Cc1ccccc1)N(Cc1ccccc1C)C(=O)CN(c1ccc(C(C)C)cc1)S(=O)(=O)c1ccccc1. The van der Waals surface area contributed by atoms with Crippen LogP contribution < -0.4 is 9.62 Å². The van der Waals surface area contributed by atoms with E-state index < -0.39 is 28.5 Å². The second-order valence-electron chi connectivity index (χ2n) is 11.9. The summed E-state index contributed by atoms with van der Waals surface area (Å²) in [6, 6.07) is 31.9. The third-order valence-corrected chi connectivity index (χ3v) is 9.95. The molecule has 0 aliphatic rings. The van der Waals surface area contributed by atoms with E-state index in [1.165, 1.54) is 12.1 Å². The molecule has 242 valence electrons. The van der Waals surface area contributed by atoms with Gasteiger partial charge in [-0.3, -0.25) is 13.9 Å². The van der Waals surface area contributed by atoms with E-state index in [9.17, 15) is 18.0 Å². The maximum Gasteiger partial charge on any atom is 0.264 e. The van der Waals surface area contributed by atoms with Crippen LogP contribution in [0.4, 0.5) is 5.69 Å². The molecule has 0 spiro atoms. The summed E-state index contributed by atoms with van der Waals surface area (Å²) in [6.07, 6.45) is 2.01. The average molecular weight is 640 g/mol. The highest BCUT2D eigenvalue weighted by Gasteiger charge is 2.34. The Balaban J connectivity index is 1.80. The number of nitrogens with zero attached hydrogens (tertiary/aromatic N) is 2. The number of carbonyl (C=O) groups excluding carboxylic acids is 2. The molecular formula is C38H45N3O4S. The standard InChI is InChI=1S/C38H45N3O4S/c1-5-6-25-39-38(43)36(26-31-16-9-7-10-17-31)40(27-33-18-14-13-15-30(33)4)37(42)28-41(34-23-21-32(22-24-34)29(2)3)46(44,45)35-19-11-8-12-20-35/h7-24,29,36H,5-6,25-28H2,1-4H3,(H,39,43)/t36-/m1/s1. The van der Waals surface area contributed by atoms with Crippen LogP contribution in [0, 0.1) is 6.92 Å². The number of carbonyl (C=O) groups is 2. The first-order valence-electron chi connectivity index (χ1n) is 15.9. The number of benzene rings is 4. The third kappa shape index (κ3) is 8.85. The van der Waals surface area contributed by atoms with Gasteiger partial charge in [-0.1, -0.05) is 112 Å². The summed E-state index contributed by atoms with van der Waals surface area (Å²) in [6.45, 7) is 8.32. The number of hydrogen-bond donors (Lipinski definition) is 1. The molecule has 4 aromatic rings. The smallest absolute Gasteiger partial charge is 0.264 e. The van der Waals surface area contributed by atoms with Gasteiger partial charge >= 0.3 is 0 Å². The van der Waals surface area contributed by atoms with Gasteiger partial charge in [0.15, 0.2) is 0 Å². The minimum atomic E-state index is -4.13. The summed E-state index contributed by atoms with van der Waals surface area (Å²) in [5, 5.41) is 3.03. The zero-order valence-corrected chi connectivity index (χ0v) is 28.0. The highest BCUT2D eigenvalue weighted by Crippen LogP contribution is 2.27. The summed E-state index contributed by atoms with van der Waals surface area (Å²) in [5.41, 5.74) is 4.19. The molecular weight excluding hydrogens is 595 g/mol. The predicted octanol–water partition coefficient (Wildman–Crippen LogP) is 6.87. The minimum Gasteiger partial charge on any atom is -0.354 e. The normalized spacial score (nSPS) is 12.0. The lowest BCUT2D eigenvalue weighted by Crippen LogP contribution is -2.53. The van der Waals surface area contributed by atoms with Crippen molar-refractivity contribution < 1.29 is 18.0 Å². The number of rotatable bonds is 15. The molecule has 0 radical (unpaired) electrons. The van der Waals surface area contributed by atoms with Crippen LogP contribution in [-0.4, -0.2) is 44.3 Å². The molecule has 0 aliphatic heterocycles. The monoisotopic (exact) mass is 639 g/mol. The van der Waals surface area contributed by atoms with Crippen molar-refractivity contribution in [2.24, 2.45) is 0 Å². The van der Waals surface area contributed by atoms with Gasteiger partial charge in [-0.05, 0) is 65.8 Å². The maximum atomic E-state index is 14.6. The van der Waals surface area contributed by atoms with Gasteiger partial charge in [0.1, 0.15) is 12.6 Å². The lowest BCUT2D eigenvalue weighted by molar-refractivity contribution is -0.140. The number of sulfonamides is 1. The van der Waals surface area contributed by atoms with Crippen molar-refractivity contribution in [2.45, 2.75) is 70.4 Å². The molecule has 0 aliphatic carbocycles. The summed E-state index contributed by atoms with van der Waals surface area (Å²) < 4.78 is 29.5. The first-order chi connectivity index (χ1) is 22.1. The van der Waals surface area contributed by atoms with Gasteiger partial charge in [0.05, 0.1) is 10.6 Å². The molecule has 0 bridgehead atoms. The van der Waals surface area contributed by atoms with Crippen molar-refractivity contribution in [2.75, 3.05) is 17.4 Å². The van der Waals surface area contributed by atoms with E-state index in [1.807, 2.05) is 73.7 Å². The van der Waals surface area contributed by atoms with Crippen LogP contribution in [0.2, 0.25) is 0 Å². The number of hydrogen-bond acceptors (Lipinski definition) is 4. The van der Waals surface area contributed by atoms with Crippen LogP contribution in [0.3, 0.4) is 0 Å². The molecule has 4 aromatic carbocycles. The van der Waals surface area contributed by atoms with Gasteiger partial charge in [0, 0.05) is 19.5 Å². The second kappa shape index (κ2) is 16.2. The molecule has 0 unspecified atom stereocenters. The van der Waals surface area contributed by atoms with Crippen LogP contribution in [0.25, 0.3) is 0 Å². The fraction of sp³-hybridized carbons (Fsp3) is 0.316. The minimum absolute atomic E-state index is 0.0827. The Morgan fingerprint density at radius 3 is 2.02 bits per heavy atom. The average Bonchev–Trinajstić information content (AvgIpc) is 3.06. The molecule has 1 atom stereocenters. The maximum absolute atomic E-state index is 14.6. The van der Waals surface area contributed by atoms with Gasteiger partial charge in [0.25, 0.3) is 10.0 Å². The van der Waals surface area contributed by atoms with Gasteiger partial charge in [-0.25, -0.2) is 8.42 Å². The van der Waals surface area contributed by atoms with Gasteiger partial charge in [0.2, 0.25) is 11.8 Å². The fourth-order valence-electron chi connectivity index (χ4n) is 5.31. The van der Waals surface area contributed by atoms with E-state index in [2.05, 4.69) is 26.1 Å². The number of amides is 2. The van der Waals surface area contributed by atoms with Gasteiger partial charge < -0.3 is 10.2 Å². The molecule has 2 amide bonds. The van der Waals surface area contributed by atoms with Crippen molar-refractivity contribution in [3.05, 3.63) is 131 Å². The fourth-order valence-corrected chi connectivity index (χ4v) is 6.74. The van der Waals surface area contributed by atoms with Crippen molar-refractivity contribution in [3.63, 3.8) is 0 Å². The quantitative estimate of drug-likeness (QED) is 0.144. The molecule has 0 aromatic heterocycles. The van der Waals surface area contributed by atoms with E-state index in [1.54, 1.807) is 35.2 Å². The Morgan fingerprint density at radius 2 is 1.41 bits per heavy atom. The van der Waals surface area contributed by atoms with Crippen LogP contribution in [0.5, 0.6) is 0 Å². The van der Waals surface area contributed by atoms with E-state index in [-0.39, 0.29) is 29.7 Å². The molecule has 0 heterocycles. The Labute approximate surface area is 274 Å². The summed E-state index contributed by atoms with van der Waals surface area (Å²) >= 11 is 0. The number of anilines is 1. The van der Waals surface area contributed by atoms with Crippen LogP contribution >= 0.6 is 0 Å². The van der Waals surface area contributed by atoms with Crippen molar-refractivity contribution in [1.82, 2.24) is 10.2 Å². The van der Waals surface area contributed by atoms with E-state index in [0.717, 1.165) is 39.4 Å². The van der Waals surface area contributed by atoms with E-state index in [0.29, 0.717) is 12.2 Å². The molecule has 0 saturated carbocycles. The zero-order valence-electron chi connectivity index (χ0n) is 27.2. The van der Waals surface area contributed by atoms with Crippen LogP contribution in [0.15, 0.2) is 114 Å². The molecule has 0 saturated heterocycles. The van der Waals surface area contributed by atoms with Gasteiger partial charge in [-0.15, -0.1) is 0 Å². The summed E-state index contributed by atoms with van der Waals surface area (Å²) in [7, 11) is -4.13. The molecule has 1 N–H and O–H groups in total. The summed E-state index contributed by atoms with van der Waals surface area (Å²) in [4.78, 5) is 30.1. The van der Waals surface area contributed by atoms with Crippen molar-refractivity contribution in [3.8, 4) is 0 Å². The van der Waals surface area contributed by atoms with E-state index >= 15 is 0 Å². The molecule has 46 heavy (non-hydrogen) atoms. The Kier molecular flexibility index (Phi) is 12.1. The van der Waals surface area contributed by atoms with Crippen LogP contribution in [0.1, 0.15) is 61.8 Å². The van der Waals surface area contributed by atoms with Gasteiger partial charge in [-0.2, -0.15) is 0 Å². The molecule has 7 nitrogen and oxygen atoms in total. The third-order valence-electron chi connectivity index (χ3n) is 8.16. The molecule has 0 fully saturated rings. The van der Waals surface area contributed by atoms with Crippen LogP contribution in [-0.2, 0) is 32.6 Å². The Bertz CT molecular complexity index is 1670. The first kappa shape index (κ1) is 34.4. The Hall–Kier alpha value is -4.43. The van der Waals surface area contributed by atoms with Crippen molar-refractivity contribution >= 4 is 27.5 Å². The number of unbranched alkanes of at least 4 members (excludes halogenated alkanes) is 1. The topological polar surface area (TPSA) is 86.8 Å². The lowest BCUT2D eigenvalue weighted by Gasteiger charge is -2.34. The predicted molar refractivity (Wildman–Crippen MR) is 185 cm³/mol. The number of aryl methyl sites for hydroxylation is 1. The molecule has 8 heteroatoms. The highest BCUT2D eigenvalue weighted by atomic mass is 32.2. The second-order valence-corrected chi connectivity index (χ2v) is 13.7. The zero-order chi connectivity index (χ0) is 33.1. The van der Waals surface area contributed by atoms with Crippen molar-refractivity contribution in [1.29, 1.82) is 0 Å².